The Morgan fingerprint density at radius 2 is 0.857 bits per heavy atom. The molecule has 0 amide bonds. The van der Waals surface area contributed by atoms with E-state index >= 15 is 0 Å². The van der Waals surface area contributed by atoms with Crippen molar-refractivity contribution in [2.45, 2.75) is 38.9 Å². The summed E-state index contributed by atoms with van der Waals surface area (Å²) in [5.41, 5.74) is 12.9. The van der Waals surface area contributed by atoms with Crippen LogP contribution in [0.5, 0.6) is 0 Å². The molecule has 0 spiro atoms. The molecule has 0 bridgehead atoms. The van der Waals surface area contributed by atoms with E-state index in [4.69, 9.17) is 15.0 Å². The fourth-order valence-corrected chi connectivity index (χ4v) is 8.26. The summed E-state index contributed by atoms with van der Waals surface area (Å²) < 4.78 is 0. The van der Waals surface area contributed by atoms with Crippen molar-refractivity contribution in [3.63, 3.8) is 0 Å². The molecule has 0 radical (unpaired) electrons. The second kappa shape index (κ2) is 11.9. The molecule has 1 aromatic heterocycles. The molecule has 6 aromatic carbocycles. The van der Waals surface area contributed by atoms with Crippen LogP contribution in [0.4, 0.5) is 0 Å². The third-order valence-corrected chi connectivity index (χ3v) is 11.9. The number of hydrogen-bond donors (Lipinski definition) is 0. The van der Waals surface area contributed by atoms with Gasteiger partial charge in [0.05, 0.1) is 8.07 Å². The van der Waals surface area contributed by atoms with Gasteiger partial charge >= 0.3 is 0 Å². The van der Waals surface area contributed by atoms with Gasteiger partial charge in [0.25, 0.3) is 0 Å². The molecule has 1 heterocycles. The minimum atomic E-state index is -1.55. The van der Waals surface area contributed by atoms with Gasteiger partial charge in [0.2, 0.25) is 0 Å². The van der Waals surface area contributed by atoms with Crippen LogP contribution in [0.1, 0.15) is 25.0 Å². The van der Waals surface area contributed by atoms with E-state index in [1.807, 2.05) is 6.07 Å². The fourth-order valence-electron chi connectivity index (χ4n) is 7.08. The molecule has 8 rings (SSSR count). The Labute approximate surface area is 290 Å². The molecule has 0 aliphatic heterocycles. The maximum atomic E-state index is 5.14. The van der Waals surface area contributed by atoms with Crippen LogP contribution >= 0.6 is 0 Å². The summed E-state index contributed by atoms with van der Waals surface area (Å²) >= 11 is 0. The van der Waals surface area contributed by atoms with Crippen LogP contribution in [-0.2, 0) is 5.41 Å². The highest BCUT2D eigenvalue weighted by Gasteiger charge is 2.35. The van der Waals surface area contributed by atoms with Gasteiger partial charge in [-0.25, -0.2) is 15.0 Å². The summed E-state index contributed by atoms with van der Waals surface area (Å²) in [5, 5.41) is 1.38. The summed E-state index contributed by atoms with van der Waals surface area (Å²) in [4.78, 5) is 15.4. The van der Waals surface area contributed by atoms with E-state index < -0.39 is 8.07 Å². The first-order valence-electron chi connectivity index (χ1n) is 17.0. The Kier molecular flexibility index (Phi) is 7.50. The van der Waals surface area contributed by atoms with E-state index in [9.17, 15) is 0 Å². The van der Waals surface area contributed by atoms with Crippen LogP contribution in [0.3, 0.4) is 0 Å². The minimum absolute atomic E-state index is 0.0592. The Hall–Kier alpha value is -5.45. The first-order valence-corrected chi connectivity index (χ1v) is 20.5. The van der Waals surface area contributed by atoms with E-state index in [0.29, 0.717) is 17.5 Å². The summed E-state index contributed by atoms with van der Waals surface area (Å²) in [6.07, 6.45) is 0. The molecule has 238 valence electrons. The van der Waals surface area contributed by atoms with Gasteiger partial charge in [-0.2, -0.15) is 0 Å². The molecule has 49 heavy (non-hydrogen) atoms. The van der Waals surface area contributed by atoms with Crippen molar-refractivity contribution in [3.8, 4) is 67.5 Å². The van der Waals surface area contributed by atoms with Gasteiger partial charge in [0, 0.05) is 22.1 Å². The molecule has 4 heteroatoms. The van der Waals surface area contributed by atoms with E-state index in [1.165, 1.54) is 33.0 Å². The number of nitrogens with zero attached hydrogens (tertiary/aromatic N) is 3. The third kappa shape index (κ3) is 5.72. The Morgan fingerprint density at radius 1 is 0.388 bits per heavy atom. The van der Waals surface area contributed by atoms with Crippen molar-refractivity contribution < 1.29 is 0 Å². The molecular weight excluding hydrogens is 611 g/mol. The predicted octanol–water partition coefficient (Wildman–Crippen LogP) is 11.1. The molecule has 0 saturated carbocycles. The van der Waals surface area contributed by atoms with E-state index in [-0.39, 0.29) is 5.41 Å². The third-order valence-electron chi connectivity index (χ3n) is 9.89. The van der Waals surface area contributed by atoms with Crippen LogP contribution in [0.25, 0.3) is 67.5 Å². The largest absolute Gasteiger partial charge is 0.208 e. The monoisotopic (exact) mass is 649 g/mol. The zero-order chi connectivity index (χ0) is 33.8. The summed E-state index contributed by atoms with van der Waals surface area (Å²) in [5.74, 6) is 2.02. The molecule has 0 saturated heterocycles. The van der Waals surface area contributed by atoms with Crippen molar-refractivity contribution in [1.29, 1.82) is 0 Å². The predicted molar refractivity (Wildman–Crippen MR) is 208 cm³/mol. The smallest absolute Gasteiger partial charge is 0.164 e. The molecule has 3 nitrogen and oxygen atoms in total. The fraction of sp³-hybridized carbons (Fsp3) is 0.133. The highest BCUT2D eigenvalue weighted by Crippen LogP contribution is 2.49. The number of benzene rings is 6. The lowest BCUT2D eigenvalue weighted by Gasteiger charge is -2.22. The first-order chi connectivity index (χ1) is 23.6. The van der Waals surface area contributed by atoms with Gasteiger partial charge in [-0.15, -0.1) is 0 Å². The zero-order valence-corrected chi connectivity index (χ0v) is 29.7. The normalized spacial score (nSPS) is 13.2. The summed E-state index contributed by atoms with van der Waals surface area (Å²) in [6, 6.07) is 52.0. The first kappa shape index (κ1) is 30.9. The van der Waals surface area contributed by atoms with Gasteiger partial charge in [-0.05, 0) is 62.7 Å². The number of fused-ring (bicyclic) bond motifs is 3. The van der Waals surface area contributed by atoms with Crippen LogP contribution in [0.2, 0.25) is 19.6 Å². The molecule has 0 unspecified atom stereocenters. The van der Waals surface area contributed by atoms with E-state index in [1.54, 1.807) is 0 Å². The van der Waals surface area contributed by atoms with Gasteiger partial charge < -0.3 is 0 Å². The lowest BCUT2D eigenvalue weighted by molar-refractivity contribution is 0.660. The van der Waals surface area contributed by atoms with Gasteiger partial charge in [-0.3, -0.25) is 0 Å². The molecule has 1 aliphatic carbocycles. The van der Waals surface area contributed by atoms with Crippen LogP contribution < -0.4 is 5.19 Å². The zero-order valence-electron chi connectivity index (χ0n) is 28.7. The Morgan fingerprint density at radius 3 is 1.49 bits per heavy atom. The topological polar surface area (TPSA) is 38.7 Å². The second-order valence-electron chi connectivity index (χ2n) is 14.6. The molecular formula is C45H39N3Si. The maximum Gasteiger partial charge on any atom is 0.164 e. The van der Waals surface area contributed by atoms with Gasteiger partial charge in [-0.1, -0.05) is 166 Å². The highest BCUT2D eigenvalue weighted by atomic mass is 28.3. The van der Waals surface area contributed by atoms with Crippen LogP contribution in [0.15, 0.2) is 146 Å². The average Bonchev–Trinajstić information content (AvgIpc) is 3.37. The number of hydrogen-bond acceptors (Lipinski definition) is 3. The van der Waals surface area contributed by atoms with Crippen molar-refractivity contribution in [2.24, 2.45) is 0 Å². The van der Waals surface area contributed by atoms with Crippen molar-refractivity contribution in [2.75, 3.05) is 0 Å². The summed E-state index contributed by atoms with van der Waals surface area (Å²) in [7, 11) is -1.55. The Bertz CT molecular complexity index is 2350. The lowest BCUT2D eigenvalue weighted by atomic mass is 9.81. The Balaban J connectivity index is 1.25. The standard InChI is InChI=1S/C45H39N3Si/c1-45(2)40-23-10-9-22-38(40)39-25-24-33(29-41(39)45)32-17-12-19-35(27-32)43-46-42(34-18-11-16-31(26-34)30-14-7-6-8-15-30)47-44(48-43)36-20-13-21-37(28-36)49(3,4)5/h6-29H,1-5H3. The van der Waals surface area contributed by atoms with Crippen LogP contribution in [-0.4, -0.2) is 23.0 Å². The second-order valence-corrected chi connectivity index (χ2v) is 19.7. The highest BCUT2D eigenvalue weighted by molar-refractivity contribution is 6.88. The molecule has 7 aromatic rings. The van der Waals surface area contributed by atoms with E-state index in [0.717, 1.165) is 33.4 Å². The number of rotatable bonds is 6. The quantitative estimate of drug-likeness (QED) is 0.168. The van der Waals surface area contributed by atoms with Crippen molar-refractivity contribution >= 4 is 13.3 Å². The molecule has 0 N–H and O–H groups in total. The SMILES string of the molecule is CC1(C)c2ccccc2-c2ccc(-c3cccc(-c4nc(-c5cccc(-c6ccccc6)c5)nc(-c5cccc([Si](C)(C)C)c5)n4)c3)cc21. The summed E-state index contributed by atoms with van der Waals surface area (Å²) in [6.45, 7) is 11.8. The average molecular weight is 650 g/mol. The molecule has 0 atom stereocenters. The number of aromatic nitrogens is 3. The van der Waals surface area contributed by atoms with Gasteiger partial charge in [0.1, 0.15) is 0 Å². The maximum absolute atomic E-state index is 5.14. The van der Waals surface area contributed by atoms with E-state index in [2.05, 4.69) is 173 Å². The van der Waals surface area contributed by atoms with Crippen molar-refractivity contribution in [3.05, 3.63) is 157 Å². The lowest BCUT2D eigenvalue weighted by Crippen LogP contribution is -2.37. The van der Waals surface area contributed by atoms with Gasteiger partial charge in [0.15, 0.2) is 17.5 Å². The molecule has 1 aliphatic rings. The molecule has 0 fully saturated rings. The van der Waals surface area contributed by atoms with Crippen LogP contribution in [0, 0.1) is 0 Å². The van der Waals surface area contributed by atoms with Crippen molar-refractivity contribution in [1.82, 2.24) is 15.0 Å². The minimum Gasteiger partial charge on any atom is -0.208 e.